The molecule has 0 saturated carbocycles. The smallest absolute Gasteiger partial charge is 0.0503 e. The molecule has 19 heavy (non-hydrogen) atoms. The molecule has 1 heterocycles. The van der Waals surface area contributed by atoms with Gasteiger partial charge in [0.05, 0.1) is 6.61 Å². The Bertz CT molecular complexity index is 381. The minimum atomic E-state index is 0.787. The first kappa shape index (κ1) is 14.4. The molecule has 0 amide bonds. The molecule has 1 N–H and O–H groups in total. The highest BCUT2D eigenvalue weighted by molar-refractivity contribution is 5.54. The summed E-state index contributed by atoms with van der Waals surface area (Å²) in [5.41, 5.74) is 2.81. The van der Waals surface area contributed by atoms with Crippen molar-refractivity contribution in [2.45, 2.75) is 19.8 Å². The van der Waals surface area contributed by atoms with Crippen LogP contribution in [0.3, 0.4) is 0 Å². The van der Waals surface area contributed by atoms with E-state index in [0.29, 0.717) is 0 Å². The molecule has 1 aliphatic rings. The van der Waals surface area contributed by atoms with Gasteiger partial charge in [-0.25, -0.2) is 0 Å². The van der Waals surface area contributed by atoms with Crippen molar-refractivity contribution < 1.29 is 4.74 Å². The summed E-state index contributed by atoms with van der Waals surface area (Å²) >= 11 is 0. The normalized spacial score (nSPS) is 19.1. The van der Waals surface area contributed by atoms with E-state index in [9.17, 15) is 0 Å². The van der Waals surface area contributed by atoms with Crippen LogP contribution < -0.4 is 10.2 Å². The molecular weight excluding hydrogens is 236 g/mol. The Morgan fingerprint density at radius 3 is 3.00 bits per heavy atom. The summed E-state index contributed by atoms with van der Waals surface area (Å²) in [6, 6.07) is 8.75. The molecule has 2 rings (SSSR count). The van der Waals surface area contributed by atoms with Gasteiger partial charge in [0.2, 0.25) is 0 Å². The van der Waals surface area contributed by atoms with Crippen molar-refractivity contribution in [3.05, 3.63) is 29.8 Å². The van der Waals surface area contributed by atoms with E-state index in [-0.39, 0.29) is 0 Å². The fraction of sp³-hybridized carbons (Fsp3) is 0.625. The van der Waals surface area contributed by atoms with Crippen LogP contribution in [0.5, 0.6) is 0 Å². The van der Waals surface area contributed by atoms with Gasteiger partial charge in [-0.05, 0) is 43.5 Å². The SMILES string of the molecule is CCNCC1CCN(c2ccccc2CCOC)C1. The van der Waals surface area contributed by atoms with Crippen LogP contribution in [-0.4, -0.2) is 39.9 Å². The first-order chi connectivity index (χ1) is 9.35. The highest BCUT2D eigenvalue weighted by atomic mass is 16.5. The van der Waals surface area contributed by atoms with E-state index in [1.807, 2.05) is 0 Å². The van der Waals surface area contributed by atoms with Crippen molar-refractivity contribution in [1.29, 1.82) is 0 Å². The van der Waals surface area contributed by atoms with Crippen molar-refractivity contribution >= 4 is 5.69 Å². The standard InChI is InChI=1S/C16H26N2O/c1-3-17-12-14-8-10-18(13-14)16-7-5-4-6-15(16)9-11-19-2/h4-7,14,17H,3,8-13H2,1-2H3. The molecule has 0 bridgehead atoms. The lowest BCUT2D eigenvalue weighted by molar-refractivity contribution is 0.202. The molecule has 0 aromatic heterocycles. The number of ether oxygens (including phenoxy) is 1. The van der Waals surface area contributed by atoms with Crippen LogP contribution in [0, 0.1) is 5.92 Å². The maximum atomic E-state index is 5.21. The number of nitrogens with zero attached hydrogens (tertiary/aromatic N) is 1. The van der Waals surface area contributed by atoms with Crippen molar-refractivity contribution in [3.8, 4) is 0 Å². The average molecular weight is 262 g/mol. The summed E-state index contributed by atoms with van der Waals surface area (Å²) in [6.45, 7) is 7.55. The summed E-state index contributed by atoms with van der Waals surface area (Å²) in [5, 5.41) is 3.46. The van der Waals surface area contributed by atoms with Gasteiger partial charge in [0.25, 0.3) is 0 Å². The Labute approximate surface area is 116 Å². The first-order valence-electron chi connectivity index (χ1n) is 7.37. The molecule has 1 aliphatic heterocycles. The van der Waals surface area contributed by atoms with Crippen LogP contribution >= 0.6 is 0 Å². The lowest BCUT2D eigenvalue weighted by Gasteiger charge is -2.22. The molecule has 1 unspecified atom stereocenters. The zero-order valence-electron chi connectivity index (χ0n) is 12.2. The number of para-hydroxylation sites is 1. The van der Waals surface area contributed by atoms with E-state index >= 15 is 0 Å². The van der Waals surface area contributed by atoms with Crippen LogP contribution in [0.25, 0.3) is 0 Å². The summed E-state index contributed by atoms with van der Waals surface area (Å²) in [4.78, 5) is 2.53. The predicted molar refractivity (Wildman–Crippen MR) is 80.9 cm³/mol. The van der Waals surface area contributed by atoms with Crippen LogP contribution in [0.2, 0.25) is 0 Å². The molecule has 1 atom stereocenters. The average Bonchev–Trinajstić information content (AvgIpc) is 2.92. The van der Waals surface area contributed by atoms with Gasteiger partial charge in [-0.3, -0.25) is 0 Å². The summed E-state index contributed by atoms with van der Waals surface area (Å²) in [5.74, 6) is 0.787. The van der Waals surface area contributed by atoms with Gasteiger partial charge in [0.15, 0.2) is 0 Å². The second-order valence-electron chi connectivity index (χ2n) is 5.28. The fourth-order valence-corrected chi connectivity index (χ4v) is 2.81. The second-order valence-corrected chi connectivity index (χ2v) is 5.28. The van der Waals surface area contributed by atoms with Crippen LogP contribution in [0.15, 0.2) is 24.3 Å². The predicted octanol–water partition coefficient (Wildman–Crippen LogP) is 2.31. The van der Waals surface area contributed by atoms with Crippen molar-refractivity contribution in [2.75, 3.05) is 44.8 Å². The summed E-state index contributed by atoms with van der Waals surface area (Å²) < 4.78 is 5.21. The van der Waals surface area contributed by atoms with E-state index in [1.54, 1.807) is 7.11 Å². The van der Waals surface area contributed by atoms with Crippen LogP contribution in [0.4, 0.5) is 5.69 Å². The van der Waals surface area contributed by atoms with Crippen molar-refractivity contribution in [1.82, 2.24) is 5.32 Å². The van der Waals surface area contributed by atoms with Crippen LogP contribution in [-0.2, 0) is 11.2 Å². The molecule has 0 radical (unpaired) electrons. The third-order valence-electron chi connectivity index (χ3n) is 3.88. The number of hydrogen-bond donors (Lipinski definition) is 1. The van der Waals surface area contributed by atoms with Gasteiger partial charge in [-0.1, -0.05) is 25.1 Å². The number of benzene rings is 1. The Morgan fingerprint density at radius 1 is 1.37 bits per heavy atom. The minimum absolute atomic E-state index is 0.787. The maximum Gasteiger partial charge on any atom is 0.0503 e. The highest BCUT2D eigenvalue weighted by Gasteiger charge is 2.23. The molecule has 1 saturated heterocycles. The van der Waals surface area contributed by atoms with E-state index < -0.39 is 0 Å². The lowest BCUT2D eigenvalue weighted by atomic mass is 10.1. The Kier molecular flexibility index (Phi) is 5.67. The number of methoxy groups -OCH3 is 1. The zero-order chi connectivity index (χ0) is 13.5. The Morgan fingerprint density at radius 2 is 2.21 bits per heavy atom. The molecule has 1 aromatic carbocycles. The molecule has 1 fully saturated rings. The Hall–Kier alpha value is -1.06. The molecule has 0 spiro atoms. The third-order valence-corrected chi connectivity index (χ3v) is 3.88. The van der Waals surface area contributed by atoms with Crippen LogP contribution in [0.1, 0.15) is 18.9 Å². The Balaban J connectivity index is 1.98. The topological polar surface area (TPSA) is 24.5 Å². The van der Waals surface area contributed by atoms with E-state index in [0.717, 1.165) is 32.0 Å². The molecule has 1 aromatic rings. The number of anilines is 1. The van der Waals surface area contributed by atoms with E-state index in [2.05, 4.69) is 41.4 Å². The van der Waals surface area contributed by atoms with Gasteiger partial charge < -0.3 is 15.0 Å². The quantitative estimate of drug-likeness (QED) is 0.816. The minimum Gasteiger partial charge on any atom is -0.384 e. The molecule has 3 heteroatoms. The van der Waals surface area contributed by atoms with Crippen molar-refractivity contribution in [2.24, 2.45) is 5.92 Å². The number of hydrogen-bond acceptors (Lipinski definition) is 3. The first-order valence-corrected chi connectivity index (χ1v) is 7.37. The largest absolute Gasteiger partial charge is 0.384 e. The molecule has 0 aliphatic carbocycles. The fourth-order valence-electron chi connectivity index (χ4n) is 2.81. The molecule has 106 valence electrons. The number of nitrogens with one attached hydrogen (secondary N) is 1. The molecule has 3 nitrogen and oxygen atoms in total. The van der Waals surface area contributed by atoms with Gasteiger partial charge in [0.1, 0.15) is 0 Å². The maximum absolute atomic E-state index is 5.21. The number of rotatable bonds is 7. The molecular formula is C16H26N2O. The monoisotopic (exact) mass is 262 g/mol. The lowest BCUT2D eigenvalue weighted by Crippen LogP contribution is -2.26. The summed E-state index contributed by atoms with van der Waals surface area (Å²) in [7, 11) is 1.77. The second kappa shape index (κ2) is 7.51. The van der Waals surface area contributed by atoms with Gasteiger partial charge in [0, 0.05) is 25.9 Å². The van der Waals surface area contributed by atoms with Gasteiger partial charge >= 0.3 is 0 Å². The van der Waals surface area contributed by atoms with E-state index in [1.165, 1.54) is 30.8 Å². The van der Waals surface area contributed by atoms with Crippen molar-refractivity contribution in [3.63, 3.8) is 0 Å². The van der Waals surface area contributed by atoms with Gasteiger partial charge in [-0.15, -0.1) is 0 Å². The summed E-state index contributed by atoms with van der Waals surface area (Å²) in [6.07, 6.45) is 2.30. The highest BCUT2D eigenvalue weighted by Crippen LogP contribution is 2.27. The zero-order valence-corrected chi connectivity index (χ0v) is 12.2. The van der Waals surface area contributed by atoms with E-state index in [4.69, 9.17) is 4.74 Å². The third kappa shape index (κ3) is 3.95. The van der Waals surface area contributed by atoms with Gasteiger partial charge in [-0.2, -0.15) is 0 Å².